The number of carbonyl (C=O) groups is 1. The lowest BCUT2D eigenvalue weighted by molar-refractivity contribution is 0.135. The second-order valence-corrected chi connectivity index (χ2v) is 6.09. The topological polar surface area (TPSA) is 96.6 Å². The summed E-state index contributed by atoms with van der Waals surface area (Å²) in [6.45, 7) is 2.11. The van der Waals surface area contributed by atoms with Crippen molar-refractivity contribution < 1.29 is 19.7 Å². The Kier molecular flexibility index (Phi) is 5.38. The van der Waals surface area contributed by atoms with Crippen LogP contribution in [0.15, 0.2) is 48.7 Å². The Hall–Kier alpha value is -3.06. The van der Waals surface area contributed by atoms with Gasteiger partial charge in [0.2, 0.25) is 0 Å². The molecule has 136 valence electrons. The van der Waals surface area contributed by atoms with Gasteiger partial charge in [0.1, 0.15) is 12.4 Å². The Morgan fingerprint density at radius 1 is 1.27 bits per heavy atom. The first-order valence-electron chi connectivity index (χ1n) is 8.33. The van der Waals surface area contributed by atoms with E-state index >= 15 is 0 Å². The monoisotopic (exact) mass is 355 g/mol. The molecule has 7 heteroatoms. The molecule has 1 unspecified atom stereocenters. The van der Waals surface area contributed by atoms with E-state index in [4.69, 9.17) is 4.74 Å². The Morgan fingerprint density at radius 2 is 2.04 bits per heavy atom. The zero-order valence-corrected chi connectivity index (χ0v) is 14.4. The van der Waals surface area contributed by atoms with E-state index in [1.54, 1.807) is 16.9 Å². The van der Waals surface area contributed by atoms with E-state index < -0.39 is 6.09 Å². The van der Waals surface area contributed by atoms with Crippen molar-refractivity contribution in [1.29, 1.82) is 0 Å². The molecule has 1 aromatic heterocycles. The van der Waals surface area contributed by atoms with Crippen LogP contribution in [-0.4, -0.2) is 32.1 Å². The van der Waals surface area contributed by atoms with Gasteiger partial charge in [0.25, 0.3) is 0 Å². The molecular weight excluding hydrogens is 334 g/mol. The number of aliphatic hydroxyl groups excluding tert-OH is 1. The molecule has 0 saturated carbocycles. The summed E-state index contributed by atoms with van der Waals surface area (Å²) >= 11 is 0. The quantitative estimate of drug-likeness (QED) is 0.631. The molecule has 3 aromatic rings. The van der Waals surface area contributed by atoms with E-state index in [9.17, 15) is 15.0 Å². The van der Waals surface area contributed by atoms with Gasteiger partial charge in [-0.1, -0.05) is 30.3 Å². The highest BCUT2D eigenvalue weighted by Gasteiger charge is 2.15. The van der Waals surface area contributed by atoms with Crippen molar-refractivity contribution in [2.75, 3.05) is 0 Å². The van der Waals surface area contributed by atoms with Crippen molar-refractivity contribution in [3.8, 4) is 5.75 Å². The van der Waals surface area contributed by atoms with E-state index in [2.05, 4.69) is 10.4 Å². The van der Waals surface area contributed by atoms with Crippen molar-refractivity contribution in [1.82, 2.24) is 15.1 Å². The highest BCUT2D eigenvalue weighted by atomic mass is 16.5. The normalized spacial score (nSPS) is 12.1. The first-order valence-corrected chi connectivity index (χ1v) is 8.33. The van der Waals surface area contributed by atoms with Crippen LogP contribution in [0.4, 0.5) is 4.79 Å². The van der Waals surface area contributed by atoms with Crippen LogP contribution in [0, 0.1) is 0 Å². The molecule has 1 amide bonds. The van der Waals surface area contributed by atoms with Crippen LogP contribution < -0.4 is 5.32 Å². The van der Waals surface area contributed by atoms with Gasteiger partial charge in [-0.3, -0.25) is 4.68 Å². The standard InChI is InChI=1S/C19H21N3O4/c1-13(21-19(25)26-12-14-5-3-2-4-6-14)10-22-18-15(9-20-22)7-8-17(24)16(18)11-23/h2-9,13,23-24H,10-12H2,1H3,(H,21,25). The Bertz CT molecular complexity index is 892. The zero-order chi connectivity index (χ0) is 18.5. The van der Waals surface area contributed by atoms with Crippen molar-refractivity contribution in [3.63, 3.8) is 0 Å². The number of alkyl carbamates (subject to hydrolysis) is 1. The molecule has 0 aliphatic rings. The zero-order valence-electron chi connectivity index (χ0n) is 14.4. The average Bonchev–Trinajstić information content (AvgIpc) is 3.03. The molecule has 0 bridgehead atoms. The average molecular weight is 355 g/mol. The summed E-state index contributed by atoms with van der Waals surface area (Å²) in [4.78, 5) is 12.0. The number of amides is 1. The third-order valence-corrected chi connectivity index (χ3v) is 4.07. The summed E-state index contributed by atoms with van der Waals surface area (Å²) in [5.41, 5.74) is 1.98. The summed E-state index contributed by atoms with van der Waals surface area (Å²) in [5, 5.41) is 27.3. The number of nitrogens with zero attached hydrogens (tertiary/aromatic N) is 2. The van der Waals surface area contributed by atoms with Crippen LogP contribution >= 0.6 is 0 Å². The number of aromatic nitrogens is 2. The summed E-state index contributed by atoms with van der Waals surface area (Å²) in [6.07, 6.45) is 1.15. The van der Waals surface area contributed by atoms with Crippen LogP contribution in [0.3, 0.4) is 0 Å². The highest BCUT2D eigenvalue weighted by molar-refractivity contribution is 5.84. The molecule has 1 heterocycles. The van der Waals surface area contributed by atoms with Crippen LogP contribution in [0.5, 0.6) is 5.75 Å². The van der Waals surface area contributed by atoms with E-state index in [0.717, 1.165) is 10.9 Å². The molecule has 0 fully saturated rings. The lowest BCUT2D eigenvalue weighted by Gasteiger charge is -2.16. The fraction of sp³-hybridized carbons (Fsp3) is 0.263. The number of benzene rings is 2. The van der Waals surface area contributed by atoms with Gasteiger partial charge in [0.15, 0.2) is 0 Å². The molecule has 26 heavy (non-hydrogen) atoms. The predicted molar refractivity (Wildman–Crippen MR) is 96.5 cm³/mol. The van der Waals surface area contributed by atoms with Gasteiger partial charge < -0.3 is 20.3 Å². The SMILES string of the molecule is CC(Cn1ncc2ccc(O)c(CO)c21)NC(=O)OCc1ccccc1. The number of hydrogen-bond donors (Lipinski definition) is 3. The predicted octanol–water partition coefficient (Wildman–Crippen LogP) is 2.55. The van der Waals surface area contributed by atoms with E-state index in [1.165, 1.54) is 6.07 Å². The molecule has 1 atom stereocenters. The molecule has 7 nitrogen and oxygen atoms in total. The van der Waals surface area contributed by atoms with Crippen molar-refractivity contribution >= 4 is 17.0 Å². The second kappa shape index (κ2) is 7.88. The molecule has 0 saturated heterocycles. The summed E-state index contributed by atoms with van der Waals surface area (Å²) in [7, 11) is 0. The number of carbonyl (C=O) groups excluding carboxylic acids is 1. The number of fused-ring (bicyclic) bond motifs is 1. The van der Waals surface area contributed by atoms with Gasteiger partial charge in [-0.25, -0.2) is 4.79 Å². The molecule has 0 radical (unpaired) electrons. The van der Waals surface area contributed by atoms with Gasteiger partial charge in [-0.15, -0.1) is 0 Å². The Labute approximate surface area is 150 Å². The summed E-state index contributed by atoms with van der Waals surface area (Å²) in [5.74, 6) is 0.0182. The maximum atomic E-state index is 12.0. The minimum absolute atomic E-state index is 0.0182. The van der Waals surface area contributed by atoms with Gasteiger partial charge in [0.05, 0.1) is 24.9 Å². The number of nitrogens with one attached hydrogen (secondary N) is 1. The van der Waals surface area contributed by atoms with Crippen molar-refractivity contribution in [2.45, 2.75) is 32.7 Å². The number of phenols is 1. The van der Waals surface area contributed by atoms with Crippen LogP contribution in [0.2, 0.25) is 0 Å². The van der Waals surface area contributed by atoms with Crippen LogP contribution in [0.25, 0.3) is 10.9 Å². The van der Waals surface area contributed by atoms with Gasteiger partial charge in [-0.05, 0) is 24.6 Å². The minimum Gasteiger partial charge on any atom is -0.508 e. The fourth-order valence-corrected chi connectivity index (χ4v) is 2.81. The first-order chi connectivity index (χ1) is 12.6. The van der Waals surface area contributed by atoms with Crippen LogP contribution in [-0.2, 0) is 24.5 Å². The van der Waals surface area contributed by atoms with E-state index in [1.807, 2.05) is 37.3 Å². The van der Waals surface area contributed by atoms with Gasteiger partial charge >= 0.3 is 6.09 Å². The third-order valence-electron chi connectivity index (χ3n) is 4.07. The summed E-state index contributed by atoms with van der Waals surface area (Å²) < 4.78 is 6.87. The maximum Gasteiger partial charge on any atom is 0.407 e. The Balaban J connectivity index is 1.63. The van der Waals surface area contributed by atoms with E-state index in [0.29, 0.717) is 17.6 Å². The highest BCUT2D eigenvalue weighted by Crippen LogP contribution is 2.27. The number of ether oxygens (including phenoxy) is 1. The lowest BCUT2D eigenvalue weighted by Crippen LogP contribution is -2.36. The van der Waals surface area contributed by atoms with Crippen LogP contribution in [0.1, 0.15) is 18.1 Å². The molecule has 2 aromatic carbocycles. The summed E-state index contributed by atoms with van der Waals surface area (Å²) in [6, 6.07) is 12.5. The molecule has 0 aliphatic heterocycles. The maximum absolute atomic E-state index is 12.0. The molecular formula is C19H21N3O4. The number of hydrogen-bond acceptors (Lipinski definition) is 5. The number of rotatable bonds is 6. The van der Waals surface area contributed by atoms with Crippen molar-refractivity contribution in [3.05, 3.63) is 59.8 Å². The largest absolute Gasteiger partial charge is 0.508 e. The smallest absolute Gasteiger partial charge is 0.407 e. The van der Waals surface area contributed by atoms with Crippen molar-refractivity contribution in [2.24, 2.45) is 0 Å². The molecule has 0 aliphatic carbocycles. The minimum atomic E-state index is -0.511. The number of aromatic hydroxyl groups is 1. The molecule has 3 N–H and O–H groups in total. The van der Waals surface area contributed by atoms with E-state index in [-0.39, 0.29) is 25.0 Å². The van der Waals surface area contributed by atoms with Gasteiger partial charge in [0, 0.05) is 17.0 Å². The van der Waals surface area contributed by atoms with Gasteiger partial charge in [-0.2, -0.15) is 5.10 Å². The Morgan fingerprint density at radius 3 is 2.77 bits per heavy atom. The second-order valence-electron chi connectivity index (χ2n) is 6.09. The number of aliphatic hydroxyl groups is 1. The first kappa shape index (κ1) is 17.8. The third kappa shape index (κ3) is 3.94. The fourth-order valence-electron chi connectivity index (χ4n) is 2.81. The molecule has 0 spiro atoms. The lowest BCUT2D eigenvalue weighted by atomic mass is 10.1. The molecule has 3 rings (SSSR count).